The second-order valence-corrected chi connectivity index (χ2v) is 9.13. The molecule has 3 aromatic rings. The van der Waals surface area contributed by atoms with Crippen molar-refractivity contribution in [2.45, 2.75) is 38.1 Å². The summed E-state index contributed by atoms with van der Waals surface area (Å²) in [5, 5.41) is 2.89. The van der Waals surface area contributed by atoms with Gasteiger partial charge in [-0.25, -0.2) is 8.42 Å². The van der Waals surface area contributed by atoms with E-state index in [-0.39, 0.29) is 11.3 Å². The molecule has 0 aliphatic carbocycles. The summed E-state index contributed by atoms with van der Waals surface area (Å²) in [6.07, 6.45) is 0.239. The highest BCUT2D eigenvalue weighted by Gasteiger charge is 2.26. The average molecular weight is 423 g/mol. The Hall–Kier alpha value is -2.96. The van der Waals surface area contributed by atoms with E-state index >= 15 is 0 Å². The summed E-state index contributed by atoms with van der Waals surface area (Å²) in [7, 11) is -3.86. The number of carbonyl (C=O) groups is 1. The van der Waals surface area contributed by atoms with E-state index in [9.17, 15) is 13.2 Å². The zero-order valence-electron chi connectivity index (χ0n) is 17.3. The van der Waals surface area contributed by atoms with Gasteiger partial charge in [-0.05, 0) is 62.1 Å². The van der Waals surface area contributed by atoms with E-state index in [2.05, 4.69) is 10.0 Å². The van der Waals surface area contributed by atoms with Crippen LogP contribution in [0.25, 0.3) is 0 Å². The fourth-order valence-electron chi connectivity index (χ4n) is 3.12. The second-order valence-electron chi connectivity index (χ2n) is 7.41. The molecule has 0 heterocycles. The molecule has 1 amide bonds. The molecule has 5 nitrogen and oxygen atoms in total. The summed E-state index contributed by atoms with van der Waals surface area (Å²) in [4.78, 5) is 13.2. The van der Waals surface area contributed by atoms with Crippen LogP contribution >= 0.6 is 0 Å². The first kappa shape index (κ1) is 21.7. The van der Waals surface area contributed by atoms with Crippen molar-refractivity contribution in [1.82, 2.24) is 4.72 Å². The van der Waals surface area contributed by atoms with E-state index in [1.54, 1.807) is 24.3 Å². The van der Waals surface area contributed by atoms with Gasteiger partial charge in [-0.3, -0.25) is 4.79 Å². The van der Waals surface area contributed by atoms with Gasteiger partial charge in [0, 0.05) is 5.69 Å². The van der Waals surface area contributed by atoms with E-state index < -0.39 is 22.0 Å². The molecule has 156 valence electrons. The molecule has 0 spiro atoms. The molecule has 30 heavy (non-hydrogen) atoms. The number of nitrogens with one attached hydrogen (secondary N) is 2. The standard InChI is InChI=1S/C24H26N2O3S/c1-17-12-14-21(15-13-17)30(28,29)26-23(16-20-9-5-4-6-10-20)24(27)25-22-11-7-8-18(2)19(22)3/h4-15,23,26H,16H2,1-3H3,(H,25,27)/t23-/m1/s1. The highest BCUT2D eigenvalue weighted by atomic mass is 32.2. The number of carbonyl (C=O) groups excluding carboxylic acids is 1. The largest absolute Gasteiger partial charge is 0.324 e. The molecule has 0 aliphatic heterocycles. The highest BCUT2D eigenvalue weighted by Crippen LogP contribution is 2.19. The smallest absolute Gasteiger partial charge is 0.242 e. The number of hydrogen-bond donors (Lipinski definition) is 2. The molecule has 0 aromatic heterocycles. The Morgan fingerprint density at radius 1 is 0.867 bits per heavy atom. The summed E-state index contributed by atoms with van der Waals surface area (Å²) in [6.45, 7) is 5.78. The molecule has 1 atom stereocenters. The van der Waals surface area contributed by atoms with Crippen LogP contribution in [0.1, 0.15) is 22.3 Å². The quantitative estimate of drug-likeness (QED) is 0.601. The van der Waals surface area contributed by atoms with Crippen LogP contribution < -0.4 is 10.0 Å². The first-order chi connectivity index (χ1) is 14.3. The Morgan fingerprint density at radius 2 is 1.53 bits per heavy atom. The SMILES string of the molecule is Cc1ccc(S(=O)(=O)N[C@H](Cc2ccccc2)C(=O)Nc2cccc(C)c2C)cc1. The maximum atomic E-state index is 13.1. The molecular formula is C24H26N2O3S. The summed E-state index contributed by atoms with van der Waals surface area (Å²) in [5.41, 5.74) is 4.50. The van der Waals surface area contributed by atoms with Gasteiger partial charge < -0.3 is 5.32 Å². The molecule has 3 rings (SSSR count). The summed E-state index contributed by atoms with van der Waals surface area (Å²) in [6, 6.07) is 20.6. The van der Waals surface area contributed by atoms with Gasteiger partial charge in [0.15, 0.2) is 0 Å². The Balaban J connectivity index is 1.88. The first-order valence-corrected chi connectivity index (χ1v) is 11.2. The van der Waals surface area contributed by atoms with E-state index in [4.69, 9.17) is 0 Å². The van der Waals surface area contributed by atoms with Gasteiger partial charge in [0.1, 0.15) is 6.04 Å². The minimum atomic E-state index is -3.86. The molecular weight excluding hydrogens is 396 g/mol. The molecule has 0 bridgehead atoms. The lowest BCUT2D eigenvalue weighted by Gasteiger charge is -2.20. The minimum absolute atomic E-state index is 0.130. The van der Waals surface area contributed by atoms with Crippen LogP contribution in [0.4, 0.5) is 5.69 Å². The fraction of sp³-hybridized carbons (Fsp3) is 0.208. The van der Waals surface area contributed by atoms with Gasteiger partial charge in [0.05, 0.1) is 4.90 Å². The minimum Gasteiger partial charge on any atom is -0.324 e. The van der Waals surface area contributed by atoms with Crippen molar-refractivity contribution < 1.29 is 13.2 Å². The molecule has 0 fully saturated rings. The maximum absolute atomic E-state index is 13.1. The summed E-state index contributed by atoms with van der Waals surface area (Å²) in [5.74, 6) is -0.400. The van der Waals surface area contributed by atoms with Crippen molar-refractivity contribution in [3.8, 4) is 0 Å². The second kappa shape index (κ2) is 9.24. The molecule has 6 heteroatoms. The third kappa shape index (κ3) is 5.34. The average Bonchev–Trinajstić information content (AvgIpc) is 2.72. The number of benzene rings is 3. The van der Waals surface area contributed by atoms with Gasteiger partial charge >= 0.3 is 0 Å². The fourth-order valence-corrected chi connectivity index (χ4v) is 4.31. The lowest BCUT2D eigenvalue weighted by molar-refractivity contribution is -0.117. The lowest BCUT2D eigenvalue weighted by Crippen LogP contribution is -2.45. The van der Waals surface area contributed by atoms with E-state index in [1.807, 2.05) is 69.3 Å². The predicted molar refractivity (Wildman–Crippen MR) is 120 cm³/mol. The van der Waals surface area contributed by atoms with Crippen molar-refractivity contribution in [3.63, 3.8) is 0 Å². The third-order valence-electron chi connectivity index (χ3n) is 5.09. The molecule has 0 saturated carbocycles. The number of rotatable bonds is 7. The Kier molecular flexibility index (Phi) is 6.70. The summed E-state index contributed by atoms with van der Waals surface area (Å²) < 4.78 is 28.5. The van der Waals surface area contributed by atoms with Crippen LogP contribution in [0, 0.1) is 20.8 Å². The van der Waals surface area contributed by atoms with Crippen LogP contribution in [0.15, 0.2) is 77.7 Å². The number of aryl methyl sites for hydroxylation is 2. The van der Waals surface area contributed by atoms with Crippen LogP contribution in [0.3, 0.4) is 0 Å². The molecule has 0 aliphatic rings. The van der Waals surface area contributed by atoms with Gasteiger partial charge in [0.25, 0.3) is 0 Å². The van der Waals surface area contributed by atoms with Crippen molar-refractivity contribution in [2.24, 2.45) is 0 Å². The zero-order valence-corrected chi connectivity index (χ0v) is 18.2. The molecule has 0 radical (unpaired) electrons. The molecule has 0 unspecified atom stereocenters. The van der Waals surface area contributed by atoms with E-state index in [0.29, 0.717) is 5.69 Å². The zero-order chi connectivity index (χ0) is 21.7. The van der Waals surface area contributed by atoms with Crippen molar-refractivity contribution in [1.29, 1.82) is 0 Å². The van der Waals surface area contributed by atoms with Crippen LogP contribution in [0.2, 0.25) is 0 Å². The van der Waals surface area contributed by atoms with Gasteiger partial charge in [0.2, 0.25) is 15.9 Å². The number of hydrogen-bond acceptors (Lipinski definition) is 3. The van der Waals surface area contributed by atoms with Gasteiger partial charge in [-0.1, -0.05) is 60.2 Å². The first-order valence-electron chi connectivity index (χ1n) is 9.76. The maximum Gasteiger partial charge on any atom is 0.242 e. The van der Waals surface area contributed by atoms with Crippen LogP contribution in [-0.4, -0.2) is 20.4 Å². The Labute approximate surface area is 178 Å². The van der Waals surface area contributed by atoms with Crippen LogP contribution in [-0.2, 0) is 21.2 Å². The topological polar surface area (TPSA) is 75.3 Å². The number of sulfonamides is 1. The Morgan fingerprint density at radius 3 is 2.20 bits per heavy atom. The number of amides is 1. The van der Waals surface area contributed by atoms with Gasteiger partial charge in [-0.15, -0.1) is 0 Å². The lowest BCUT2D eigenvalue weighted by atomic mass is 10.0. The monoisotopic (exact) mass is 422 g/mol. The van der Waals surface area contributed by atoms with Gasteiger partial charge in [-0.2, -0.15) is 4.72 Å². The Bertz CT molecular complexity index is 1120. The predicted octanol–water partition coefficient (Wildman–Crippen LogP) is 4.14. The summed E-state index contributed by atoms with van der Waals surface area (Å²) >= 11 is 0. The normalized spacial score (nSPS) is 12.4. The van der Waals surface area contributed by atoms with Crippen molar-refractivity contribution in [3.05, 3.63) is 95.1 Å². The van der Waals surface area contributed by atoms with E-state index in [1.165, 1.54) is 0 Å². The van der Waals surface area contributed by atoms with Crippen LogP contribution in [0.5, 0.6) is 0 Å². The van der Waals surface area contributed by atoms with Crippen molar-refractivity contribution >= 4 is 21.6 Å². The highest BCUT2D eigenvalue weighted by molar-refractivity contribution is 7.89. The number of anilines is 1. The van der Waals surface area contributed by atoms with Crippen molar-refractivity contribution in [2.75, 3.05) is 5.32 Å². The molecule has 3 aromatic carbocycles. The van der Waals surface area contributed by atoms with E-state index in [0.717, 1.165) is 22.3 Å². The molecule has 0 saturated heterocycles. The molecule has 2 N–H and O–H groups in total. The third-order valence-corrected chi connectivity index (χ3v) is 6.58.